The Balaban J connectivity index is 2.81. The SMILES string of the molecule is Cc1nc(=O)[nH]c(C)c1CC(=O)NC(CCO)C(=O)O. The van der Waals surface area contributed by atoms with Gasteiger partial charge in [0.2, 0.25) is 5.91 Å². The van der Waals surface area contributed by atoms with Crippen LogP contribution in [0.2, 0.25) is 0 Å². The molecule has 4 N–H and O–H groups in total. The third kappa shape index (κ3) is 4.16. The van der Waals surface area contributed by atoms with Gasteiger partial charge in [0.05, 0.1) is 6.42 Å². The second kappa shape index (κ2) is 6.80. The van der Waals surface area contributed by atoms with E-state index in [1.807, 2.05) is 0 Å². The summed E-state index contributed by atoms with van der Waals surface area (Å²) in [5.74, 6) is -1.72. The number of aryl methyl sites for hydroxylation is 2. The summed E-state index contributed by atoms with van der Waals surface area (Å²) in [4.78, 5) is 40.0. The highest BCUT2D eigenvalue weighted by atomic mass is 16.4. The number of aromatic amines is 1. The Morgan fingerprint density at radius 1 is 1.40 bits per heavy atom. The maximum absolute atomic E-state index is 11.8. The van der Waals surface area contributed by atoms with Crippen LogP contribution in [0.1, 0.15) is 23.4 Å². The van der Waals surface area contributed by atoms with Gasteiger partial charge in [-0.25, -0.2) is 9.59 Å². The predicted molar refractivity (Wildman–Crippen MR) is 69.3 cm³/mol. The molecule has 20 heavy (non-hydrogen) atoms. The van der Waals surface area contributed by atoms with E-state index < -0.39 is 23.6 Å². The minimum absolute atomic E-state index is 0.0666. The largest absolute Gasteiger partial charge is 0.480 e. The van der Waals surface area contributed by atoms with Crippen molar-refractivity contribution in [3.05, 3.63) is 27.4 Å². The number of nitrogens with zero attached hydrogens (tertiary/aromatic N) is 1. The molecule has 0 aliphatic rings. The fraction of sp³-hybridized carbons (Fsp3) is 0.500. The summed E-state index contributed by atoms with van der Waals surface area (Å²) in [7, 11) is 0. The molecule has 0 bridgehead atoms. The monoisotopic (exact) mass is 283 g/mol. The molecule has 0 aliphatic heterocycles. The Labute approximate surface area is 114 Å². The molecule has 0 saturated heterocycles. The van der Waals surface area contributed by atoms with E-state index in [2.05, 4.69) is 15.3 Å². The summed E-state index contributed by atoms with van der Waals surface area (Å²) in [6.45, 7) is 2.91. The fourth-order valence-electron chi connectivity index (χ4n) is 1.81. The van der Waals surface area contributed by atoms with Crippen molar-refractivity contribution in [3.8, 4) is 0 Å². The second-order valence-corrected chi connectivity index (χ2v) is 4.38. The van der Waals surface area contributed by atoms with E-state index in [4.69, 9.17) is 10.2 Å². The maximum Gasteiger partial charge on any atom is 0.345 e. The standard InChI is InChI=1S/C12H17N3O5/c1-6-8(7(2)14-12(20)13-6)5-10(17)15-9(3-4-16)11(18)19/h9,16H,3-5H2,1-2H3,(H,15,17)(H,18,19)(H,13,14,20). The average Bonchev–Trinajstić information content (AvgIpc) is 2.33. The molecule has 1 rings (SSSR count). The number of carboxylic acid groups (broad SMARTS) is 1. The van der Waals surface area contributed by atoms with Gasteiger partial charge in [0, 0.05) is 30.0 Å². The van der Waals surface area contributed by atoms with Crippen LogP contribution in [-0.2, 0) is 16.0 Å². The quantitative estimate of drug-likeness (QED) is 0.523. The van der Waals surface area contributed by atoms with Crippen LogP contribution >= 0.6 is 0 Å². The van der Waals surface area contributed by atoms with Gasteiger partial charge in [0.15, 0.2) is 0 Å². The zero-order valence-electron chi connectivity index (χ0n) is 11.3. The summed E-state index contributed by atoms with van der Waals surface area (Å²) in [6, 6.07) is -1.14. The Morgan fingerprint density at radius 2 is 2.05 bits per heavy atom. The zero-order valence-corrected chi connectivity index (χ0v) is 11.3. The topological polar surface area (TPSA) is 132 Å². The molecule has 1 unspecified atom stereocenters. The van der Waals surface area contributed by atoms with Gasteiger partial charge >= 0.3 is 11.7 Å². The van der Waals surface area contributed by atoms with Gasteiger partial charge in [-0.05, 0) is 13.8 Å². The number of amides is 1. The summed E-state index contributed by atoms with van der Waals surface area (Å²) in [6.07, 6.45) is -0.153. The number of carboxylic acids is 1. The molecule has 1 aromatic heterocycles. The summed E-state index contributed by atoms with van der Waals surface area (Å²) in [5.41, 5.74) is 1.00. The number of rotatable bonds is 6. The number of H-pyrrole nitrogens is 1. The van der Waals surface area contributed by atoms with Crippen LogP contribution in [-0.4, -0.2) is 44.7 Å². The van der Waals surface area contributed by atoms with Crippen molar-refractivity contribution >= 4 is 11.9 Å². The third-order valence-electron chi connectivity index (χ3n) is 2.84. The van der Waals surface area contributed by atoms with E-state index in [0.29, 0.717) is 17.0 Å². The van der Waals surface area contributed by atoms with Crippen LogP contribution in [0.5, 0.6) is 0 Å². The lowest BCUT2D eigenvalue weighted by Crippen LogP contribution is -2.42. The summed E-state index contributed by atoms with van der Waals surface area (Å²) in [5, 5.41) is 19.9. The van der Waals surface area contributed by atoms with Gasteiger partial charge in [-0.3, -0.25) is 4.79 Å². The number of carbonyl (C=O) groups is 2. The van der Waals surface area contributed by atoms with Gasteiger partial charge in [-0.15, -0.1) is 0 Å². The molecule has 1 atom stereocenters. The van der Waals surface area contributed by atoms with Crippen LogP contribution in [0.4, 0.5) is 0 Å². The number of hydrogen-bond donors (Lipinski definition) is 4. The van der Waals surface area contributed by atoms with Crippen LogP contribution in [0.25, 0.3) is 0 Å². The first-order valence-corrected chi connectivity index (χ1v) is 6.04. The summed E-state index contributed by atoms with van der Waals surface area (Å²) < 4.78 is 0. The van der Waals surface area contributed by atoms with E-state index in [-0.39, 0.29) is 19.4 Å². The lowest BCUT2D eigenvalue weighted by atomic mass is 10.1. The molecule has 0 fully saturated rings. The fourth-order valence-corrected chi connectivity index (χ4v) is 1.81. The van der Waals surface area contributed by atoms with Crippen LogP contribution in [0.3, 0.4) is 0 Å². The highest BCUT2D eigenvalue weighted by molar-refractivity contribution is 5.85. The Hall–Kier alpha value is -2.22. The summed E-state index contributed by atoms with van der Waals surface area (Å²) >= 11 is 0. The minimum Gasteiger partial charge on any atom is -0.480 e. The first-order chi connectivity index (χ1) is 9.35. The lowest BCUT2D eigenvalue weighted by Gasteiger charge is -2.14. The minimum atomic E-state index is -1.21. The van der Waals surface area contributed by atoms with Crippen molar-refractivity contribution in [2.24, 2.45) is 0 Å². The number of aliphatic carboxylic acids is 1. The number of nitrogens with one attached hydrogen (secondary N) is 2. The van der Waals surface area contributed by atoms with Crippen molar-refractivity contribution < 1.29 is 19.8 Å². The van der Waals surface area contributed by atoms with Gasteiger partial charge in [0.25, 0.3) is 0 Å². The number of hydrogen-bond acceptors (Lipinski definition) is 5. The van der Waals surface area contributed by atoms with Crippen LogP contribution in [0, 0.1) is 13.8 Å². The van der Waals surface area contributed by atoms with Gasteiger partial charge in [0.1, 0.15) is 6.04 Å². The Bertz CT molecular complexity index is 540. The molecule has 0 aliphatic carbocycles. The van der Waals surface area contributed by atoms with Crippen LogP contribution in [0.15, 0.2) is 4.79 Å². The molecule has 0 aromatic carbocycles. The van der Waals surface area contributed by atoms with Crippen molar-refractivity contribution in [2.75, 3.05) is 6.61 Å². The van der Waals surface area contributed by atoms with Crippen molar-refractivity contribution in [1.82, 2.24) is 15.3 Å². The van der Waals surface area contributed by atoms with Crippen LogP contribution < -0.4 is 11.0 Å². The second-order valence-electron chi connectivity index (χ2n) is 4.38. The smallest absolute Gasteiger partial charge is 0.345 e. The molecule has 1 amide bonds. The van der Waals surface area contributed by atoms with Gasteiger partial charge in [-0.2, -0.15) is 4.98 Å². The molecule has 1 heterocycles. The number of aliphatic hydroxyl groups excluding tert-OH is 1. The van der Waals surface area contributed by atoms with Gasteiger partial charge < -0.3 is 20.5 Å². The Kier molecular flexibility index (Phi) is 5.39. The normalized spacial score (nSPS) is 11.9. The van der Waals surface area contributed by atoms with E-state index in [1.54, 1.807) is 13.8 Å². The molecular weight excluding hydrogens is 266 g/mol. The number of aromatic nitrogens is 2. The maximum atomic E-state index is 11.8. The highest BCUT2D eigenvalue weighted by Crippen LogP contribution is 2.07. The van der Waals surface area contributed by atoms with E-state index >= 15 is 0 Å². The molecule has 0 radical (unpaired) electrons. The molecule has 8 nitrogen and oxygen atoms in total. The predicted octanol–water partition coefficient (Wildman–Crippen LogP) is -1.12. The number of carbonyl (C=O) groups excluding carboxylic acids is 1. The van der Waals surface area contributed by atoms with Crippen molar-refractivity contribution in [3.63, 3.8) is 0 Å². The lowest BCUT2D eigenvalue weighted by molar-refractivity contribution is -0.142. The van der Waals surface area contributed by atoms with E-state index in [0.717, 1.165) is 0 Å². The molecule has 110 valence electrons. The molecule has 1 aromatic rings. The zero-order chi connectivity index (χ0) is 15.3. The highest BCUT2D eigenvalue weighted by Gasteiger charge is 2.20. The molecular formula is C12H17N3O5. The van der Waals surface area contributed by atoms with E-state index in [1.165, 1.54) is 0 Å². The Morgan fingerprint density at radius 3 is 2.55 bits per heavy atom. The van der Waals surface area contributed by atoms with Gasteiger partial charge in [-0.1, -0.05) is 0 Å². The first-order valence-electron chi connectivity index (χ1n) is 6.04. The average molecular weight is 283 g/mol. The van der Waals surface area contributed by atoms with E-state index in [9.17, 15) is 14.4 Å². The first kappa shape index (κ1) is 15.8. The van der Waals surface area contributed by atoms with Crippen molar-refractivity contribution in [2.45, 2.75) is 32.7 Å². The number of aliphatic hydroxyl groups is 1. The molecule has 8 heteroatoms. The van der Waals surface area contributed by atoms with Crippen molar-refractivity contribution in [1.29, 1.82) is 0 Å². The third-order valence-corrected chi connectivity index (χ3v) is 2.84. The molecule has 0 spiro atoms. The molecule has 0 saturated carbocycles.